The van der Waals surface area contributed by atoms with Gasteiger partial charge in [-0.3, -0.25) is 4.79 Å². The predicted octanol–water partition coefficient (Wildman–Crippen LogP) is 0.775. The van der Waals surface area contributed by atoms with E-state index in [4.69, 9.17) is 5.11 Å². The standard InChI is InChI=1S/C8H15F2NO2/c1-5(2)3-6(4-12)11-8(13)7(9)10/h5-7,12H,3-4H2,1-2H3,(H,11,13). The Morgan fingerprint density at radius 1 is 1.46 bits per heavy atom. The predicted molar refractivity (Wildman–Crippen MR) is 44.5 cm³/mol. The van der Waals surface area contributed by atoms with Crippen molar-refractivity contribution in [3.8, 4) is 0 Å². The molecule has 0 aliphatic carbocycles. The molecule has 0 saturated heterocycles. The number of nitrogens with one attached hydrogen (secondary N) is 1. The minimum atomic E-state index is -3.01. The quantitative estimate of drug-likeness (QED) is 0.681. The molecular weight excluding hydrogens is 180 g/mol. The van der Waals surface area contributed by atoms with Crippen LogP contribution in [-0.4, -0.2) is 30.1 Å². The minimum absolute atomic E-state index is 0.245. The first-order valence-corrected chi connectivity index (χ1v) is 4.16. The van der Waals surface area contributed by atoms with Gasteiger partial charge >= 0.3 is 6.43 Å². The first-order valence-electron chi connectivity index (χ1n) is 4.16. The molecule has 13 heavy (non-hydrogen) atoms. The van der Waals surface area contributed by atoms with E-state index in [0.717, 1.165) is 0 Å². The van der Waals surface area contributed by atoms with Crippen molar-refractivity contribution in [2.75, 3.05) is 6.61 Å². The lowest BCUT2D eigenvalue weighted by atomic mass is 10.0. The lowest BCUT2D eigenvalue weighted by molar-refractivity contribution is -0.132. The fourth-order valence-corrected chi connectivity index (χ4v) is 1.01. The molecule has 0 bridgehead atoms. The van der Waals surface area contributed by atoms with Crippen molar-refractivity contribution < 1.29 is 18.7 Å². The fourth-order valence-electron chi connectivity index (χ4n) is 1.01. The number of aliphatic hydroxyl groups is 1. The van der Waals surface area contributed by atoms with Crippen LogP contribution in [0.1, 0.15) is 20.3 Å². The van der Waals surface area contributed by atoms with Gasteiger partial charge in [0, 0.05) is 0 Å². The maximum absolute atomic E-state index is 11.8. The van der Waals surface area contributed by atoms with E-state index in [1.54, 1.807) is 0 Å². The average Bonchev–Trinajstić information content (AvgIpc) is 2.02. The molecule has 1 atom stereocenters. The van der Waals surface area contributed by atoms with E-state index in [-0.39, 0.29) is 12.5 Å². The highest BCUT2D eigenvalue weighted by molar-refractivity contribution is 5.79. The second kappa shape index (κ2) is 5.85. The van der Waals surface area contributed by atoms with Crippen molar-refractivity contribution in [3.63, 3.8) is 0 Å². The molecule has 0 radical (unpaired) electrons. The number of carbonyl (C=O) groups is 1. The Labute approximate surface area is 76.1 Å². The van der Waals surface area contributed by atoms with Crippen molar-refractivity contribution >= 4 is 5.91 Å². The summed E-state index contributed by atoms with van der Waals surface area (Å²) in [4.78, 5) is 10.5. The van der Waals surface area contributed by atoms with Crippen LogP contribution < -0.4 is 5.32 Å². The third-order valence-electron chi connectivity index (χ3n) is 1.52. The maximum atomic E-state index is 11.8. The van der Waals surface area contributed by atoms with Crippen LogP contribution in [0.5, 0.6) is 0 Å². The smallest absolute Gasteiger partial charge is 0.315 e. The summed E-state index contributed by atoms with van der Waals surface area (Å²) in [6.45, 7) is 3.46. The van der Waals surface area contributed by atoms with Crippen molar-refractivity contribution in [3.05, 3.63) is 0 Å². The molecule has 0 heterocycles. The summed E-state index contributed by atoms with van der Waals surface area (Å²) >= 11 is 0. The summed E-state index contributed by atoms with van der Waals surface area (Å²) in [5.74, 6) is -1.07. The highest BCUT2D eigenvalue weighted by Gasteiger charge is 2.19. The molecule has 0 fully saturated rings. The highest BCUT2D eigenvalue weighted by atomic mass is 19.3. The van der Waals surface area contributed by atoms with Gasteiger partial charge in [0.25, 0.3) is 5.91 Å². The number of alkyl halides is 2. The number of carbonyl (C=O) groups excluding carboxylic acids is 1. The molecule has 2 N–H and O–H groups in total. The zero-order valence-electron chi connectivity index (χ0n) is 7.76. The molecule has 0 aliphatic heterocycles. The number of halogens is 2. The van der Waals surface area contributed by atoms with Crippen molar-refractivity contribution in [1.82, 2.24) is 5.32 Å². The Balaban J connectivity index is 3.90. The number of rotatable bonds is 5. The molecule has 5 heteroatoms. The molecule has 1 amide bonds. The Morgan fingerprint density at radius 2 is 2.00 bits per heavy atom. The molecule has 0 rings (SSSR count). The van der Waals surface area contributed by atoms with Gasteiger partial charge in [0.15, 0.2) is 0 Å². The van der Waals surface area contributed by atoms with Gasteiger partial charge in [-0.25, -0.2) is 0 Å². The van der Waals surface area contributed by atoms with Gasteiger partial charge in [-0.1, -0.05) is 13.8 Å². The Kier molecular flexibility index (Phi) is 5.53. The monoisotopic (exact) mass is 195 g/mol. The summed E-state index contributed by atoms with van der Waals surface area (Å²) in [6.07, 6.45) is -2.52. The van der Waals surface area contributed by atoms with Gasteiger partial charge in [-0.2, -0.15) is 8.78 Å². The summed E-state index contributed by atoms with van der Waals surface area (Å²) in [5.41, 5.74) is 0. The largest absolute Gasteiger partial charge is 0.394 e. The molecule has 0 saturated carbocycles. The van der Waals surface area contributed by atoms with Gasteiger partial charge in [-0.15, -0.1) is 0 Å². The fraction of sp³-hybridized carbons (Fsp3) is 0.875. The molecular formula is C8H15F2NO2. The molecule has 0 aromatic carbocycles. The minimum Gasteiger partial charge on any atom is -0.394 e. The highest BCUT2D eigenvalue weighted by Crippen LogP contribution is 2.04. The van der Waals surface area contributed by atoms with Crippen molar-refractivity contribution in [2.45, 2.75) is 32.7 Å². The van der Waals surface area contributed by atoms with Crippen LogP contribution in [0, 0.1) is 5.92 Å². The van der Waals surface area contributed by atoms with E-state index in [2.05, 4.69) is 5.32 Å². The third-order valence-corrected chi connectivity index (χ3v) is 1.52. The first-order chi connectivity index (χ1) is 5.97. The number of hydrogen-bond acceptors (Lipinski definition) is 2. The molecule has 0 aromatic heterocycles. The second-order valence-electron chi connectivity index (χ2n) is 3.32. The van der Waals surface area contributed by atoms with E-state index in [9.17, 15) is 13.6 Å². The molecule has 0 aromatic rings. The Morgan fingerprint density at radius 3 is 2.31 bits per heavy atom. The van der Waals surface area contributed by atoms with E-state index in [0.29, 0.717) is 6.42 Å². The van der Waals surface area contributed by atoms with Crippen LogP contribution in [0.25, 0.3) is 0 Å². The van der Waals surface area contributed by atoms with Gasteiger partial charge in [0.05, 0.1) is 12.6 Å². The topological polar surface area (TPSA) is 49.3 Å². The molecule has 0 aliphatic rings. The van der Waals surface area contributed by atoms with Crippen LogP contribution in [0.4, 0.5) is 8.78 Å². The first kappa shape index (κ1) is 12.3. The van der Waals surface area contributed by atoms with Crippen LogP contribution in [0.3, 0.4) is 0 Å². The Hall–Kier alpha value is -0.710. The van der Waals surface area contributed by atoms with Gasteiger partial charge < -0.3 is 10.4 Å². The second-order valence-corrected chi connectivity index (χ2v) is 3.32. The van der Waals surface area contributed by atoms with E-state index >= 15 is 0 Å². The summed E-state index contributed by atoms with van der Waals surface area (Å²) in [5, 5.41) is 10.8. The van der Waals surface area contributed by atoms with Crippen LogP contribution in [-0.2, 0) is 4.79 Å². The van der Waals surface area contributed by atoms with Crippen LogP contribution in [0.15, 0.2) is 0 Å². The molecule has 0 spiro atoms. The molecule has 78 valence electrons. The summed E-state index contributed by atoms with van der Waals surface area (Å²) in [6, 6.07) is -0.568. The maximum Gasteiger partial charge on any atom is 0.315 e. The number of amides is 1. The van der Waals surface area contributed by atoms with Gasteiger partial charge in [-0.05, 0) is 12.3 Å². The normalized spacial score (nSPS) is 13.5. The lowest BCUT2D eigenvalue weighted by Gasteiger charge is -2.17. The summed E-state index contributed by atoms with van der Waals surface area (Å²) < 4.78 is 23.5. The van der Waals surface area contributed by atoms with Crippen LogP contribution in [0.2, 0.25) is 0 Å². The average molecular weight is 195 g/mol. The van der Waals surface area contributed by atoms with Crippen molar-refractivity contribution in [2.24, 2.45) is 5.92 Å². The van der Waals surface area contributed by atoms with Gasteiger partial charge in [0.2, 0.25) is 0 Å². The molecule has 3 nitrogen and oxygen atoms in total. The number of hydrogen-bond donors (Lipinski definition) is 2. The number of aliphatic hydroxyl groups excluding tert-OH is 1. The van der Waals surface area contributed by atoms with Gasteiger partial charge in [0.1, 0.15) is 0 Å². The Bertz CT molecular complexity index is 162. The molecule has 1 unspecified atom stereocenters. The van der Waals surface area contributed by atoms with Crippen LogP contribution >= 0.6 is 0 Å². The SMILES string of the molecule is CC(C)CC(CO)NC(=O)C(F)F. The van der Waals surface area contributed by atoms with E-state index < -0.39 is 18.4 Å². The summed E-state index contributed by atoms with van der Waals surface area (Å²) in [7, 11) is 0. The van der Waals surface area contributed by atoms with Crippen molar-refractivity contribution in [1.29, 1.82) is 0 Å². The lowest BCUT2D eigenvalue weighted by Crippen LogP contribution is -2.41. The zero-order chi connectivity index (χ0) is 10.4. The van der Waals surface area contributed by atoms with E-state index in [1.165, 1.54) is 0 Å². The van der Waals surface area contributed by atoms with E-state index in [1.807, 2.05) is 13.8 Å². The third kappa shape index (κ3) is 5.52. The zero-order valence-corrected chi connectivity index (χ0v) is 7.76.